The number of fused-ring (bicyclic) bond motifs is 1. The number of morpholine rings is 1. The lowest BCUT2D eigenvalue weighted by Gasteiger charge is -2.32. The quantitative estimate of drug-likeness (QED) is 0.767. The number of benzene rings is 1. The number of hydrogen-bond acceptors (Lipinski definition) is 5. The van der Waals surface area contributed by atoms with E-state index >= 15 is 0 Å². The number of rotatable bonds is 5. The maximum Gasteiger partial charge on any atom is 0.245 e. The van der Waals surface area contributed by atoms with E-state index in [0.717, 1.165) is 42.7 Å². The highest BCUT2D eigenvalue weighted by molar-refractivity contribution is 5.88. The Morgan fingerprint density at radius 2 is 1.79 bits per heavy atom. The Bertz CT molecular complexity index is 717. The van der Waals surface area contributed by atoms with Gasteiger partial charge in [-0.05, 0) is 43.4 Å². The van der Waals surface area contributed by atoms with E-state index in [-0.39, 0.29) is 17.9 Å². The average Bonchev–Trinajstić information content (AvgIpc) is 3.24. The van der Waals surface area contributed by atoms with Gasteiger partial charge < -0.3 is 24.0 Å². The van der Waals surface area contributed by atoms with Gasteiger partial charge in [0.1, 0.15) is 19.3 Å². The van der Waals surface area contributed by atoms with Crippen LogP contribution in [-0.4, -0.2) is 73.7 Å². The lowest BCUT2D eigenvalue weighted by atomic mass is 10.1. The molecule has 1 aromatic carbocycles. The van der Waals surface area contributed by atoms with Gasteiger partial charge in [0, 0.05) is 26.1 Å². The second kappa shape index (κ2) is 8.82. The number of amides is 2. The van der Waals surface area contributed by atoms with Crippen molar-refractivity contribution in [3.05, 3.63) is 23.8 Å². The molecule has 1 atom stereocenters. The van der Waals surface area contributed by atoms with Crippen LogP contribution in [0.4, 0.5) is 0 Å². The summed E-state index contributed by atoms with van der Waals surface area (Å²) in [4.78, 5) is 29.2. The molecule has 2 fully saturated rings. The summed E-state index contributed by atoms with van der Waals surface area (Å²) in [6.45, 7) is 4.26. The molecule has 0 spiro atoms. The maximum absolute atomic E-state index is 12.8. The predicted molar refractivity (Wildman–Crippen MR) is 103 cm³/mol. The molecule has 7 heteroatoms. The lowest BCUT2D eigenvalue weighted by molar-refractivity contribution is -0.146. The molecule has 3 aliphatic heterocycles. The van der Waals surface area contributed by atoms with Gasteiger partial charge >= 0.3 is 0 Å². The number of hydrogen-bond donors (Lipinski definition) is 0. The van der Waals surface area contributed by atoms with Gasteiger partial charge in [0.2, 0.25) is 11.8 Å². The van der Waals surface area contributed by atoms with E-state index in [9.17, 15) is 9.59 Å². The van der Waals surface area contributed by atoms with Gasteiger partial charge in [0.05, 0.1) is 13.2 Å². The molecule has 2 saturated heterocycles. The largest absolute Gasteiger partial charge is 0.486 e. The van der Waals surface area contributed by atoms with Crippen molar-refractivity contribution in [3.8, 4) is 11.5 Å². The number of ether oxygens (including phenoxy) is 3. The Hall–Kier alpha value is -2.28. The van der Waals surface area contributed by atoms with Crippen LogP contribution in [0.2, 0.25) is 0 Å². The van der Waals surface area contributed by atoms with Crippen LogP contribution in [-0.2, 0) is 20.7 Å². The minimum absolute atomic E-state index is 0.0842. The third kappa shape index (κ3) is 4.24. The maximum atomic E-state index is 12.8. The fourth-order valence-corrected chi connectivity index (χ4v) is 4.15. The van der Waals surface area contributed by atoms with Crippen LogP contribution in [0.3, 0.4) is 0 Å². The van der Waals surface area contributed by atoms with Gasteiger partial charge in [-0.15, -0.1) is 0 Å². The standard InChI is InChI=1S/C21H28N2O5/c24-20(5-1-3-16-6-7-18-19(15-16)28-14-13-27-18)23-8-2-4-17(23)21(25)22-9-11-26-12-10-22/h6-7,15,17H,1-5,8-14H2/t17-/m0/s1. The van der Waals surface area contributed by atoms with Crippen LogP contribution in [0.25, 0.3) is 0 Å². The molecular weight excluding hydrogens is 360 g/mol. The fraction of sp³-hybridized carbons (Fsp3) is 0.619. The summed E-state index contributed by atoms with van der Waals surface area (Å²) in [5, 5.41) is 0. The molecule has 0 unspecified atom stereocenters. The number of carbonyl (C=O) groups excluding carboxylic acids is 2. The molecule has 7 nitrogen and oxygen atoms in total. The third-order valence-corrected chi connectivity index (χ3v) is 5.64. The van der Waals surface area contributed by atoms with E-state index < -0.39 is 0 Å². The fourth-order valence-electron chi connectivity index (χ4n) is 4.15. The van der Waals surface area contributed by atoms with E-state index in [1.807, 2.05) is 23.1 Å². The molecule has 0 N–H and O–H groups in total. The topological polar surface area (TPSA) is 68.3 Å². The van der Waals surface area contributed by atoms with E-state index in [1.165, 1.54) is 0 Å². The Morgan fingerprint density at radius 1 is 1.00 bits per heavy atom. The third-order valence-electron chi connectivity index (χ3n) is 5.64. The molecule has 0 saturated carbocycles. The van der Waals surface area contributed by atoms with E-state index in [4.69, 9.17) is 14.2 Å². The number of carbonyl (C=O) groups is 2. The highest BCUT2D eigenvalue weighted by Crippen LogP contribution is 2.31. The molecule has 0 bridgehead atoms. The molecule has 0 radical (unpaired) electrons. The Balaban J connectivity index is 1.28. The molecular formula is C21H28N2O5. The Kier molecular flexibility index (Phi) is 6.00. The van der Waals surface area contributed by atoms with Gasteiger partial charge in [0.15, 0.2) is 11.5 Å². The number of nitrogens with zero attached hydrogens (tertiary/aromatic N) is 2. The molecule has 2 amide bonds. The first-order valence-corrected chi connectivity index (χ1v) is 10.3. The summed E-state index contributed by atoms with van der Waals surface area (Å²) in [6.07, 6.45) is 3.69. The van der Waals surface area contributed by atoms with Crippen LogP contribution < -0.4 is 9.47 Å². The molecule has 3 aliphatic rings. The van der Waals surface area contributed by atoms with E-state index in [1.54, 1.807) is 4.90 Å². The molecule has 0 aromatic heterocycles. The van der Waals surface area contributed by atoms with Crippen molar-refractivity contribution in [1.29, 1.82) is 0 Å². The SMILES string of the molecule is O=C([C@@H]1CCCN1C(=O)CCCc1ccc2c(c1)OCCO2)N1CCOCC1. The van der Waals surface area contributed by atoms with Crippen LogP contribution in [0.1, 0.15) is 31.2 Å². The minimum atomic E-state index is -0.292. The van der Waals surface area contributed by atoms with Crippen LogP contribution in [0, 0.1) is 0 Å². The highest BCUT2D eigenvalue weighted by atomic mass is 16.6. The lowest BCUT2D eigenvalue weighted by Crippen LogP contribution is -2.51. The first kappa shape index (κ1) is 19.1. The van der Waals surface area contributed by atoms with Crippen LogP contribution in [0.15, 0.2) is 18.2 Å². The molecule has 1 aromatic rings. The highest BCUT2D eigenvalue weighted by Gasteiger charge is 2.36. The average molecular weight is 388 g/mol. The zero-order chi connectivity index (χ0) is 19.3. The van der Waals surface area contributed by atoms with E-state index in [2.05, 4.69) is 0 Å². The van der Waals surface area contributed by atoms with Crippen LogP contribution in [0.5, 0.6) is 11.5 Å². The van der Waals surface area contributed by atoms with Crippen LogP contribution >= 0.6 is 0 Å². The normalized spacial score (nSPS) is 21.6. The predicted octanol–water partition coefficient (Wildman–Crippen LogP) is 1.63. The molecule has 4 rings (SSSR count). The van der Waals surface area contributed by atoms with Crippen molar-refractivity contribution >= 4 is 11.8 Å². The van der Waals surface area contributed by atoms with Gasteiger partial charge in [-0.25, -0.2) is 0 Å². The van der Waals surface area contributed by atoms with Crippen molar-refractivity contribution in [2.24, 2.45) is 0 Å². The smallest absolute Gasteiger partial charge is 0.245 e. The summed E-state index contributed by atoms with van der Waals surface area (Å²) in [7, 11) is 0. The minimum Gasteiger partial charge on any atom is -0.486 e. The Morgan fingerprint density at radius 3 is 2.61 bits per heavy atom. The van der Waals surface area contributed by atoms with Gasteiger partial charge in [-0.3, -0.25) is 9.59 Å². The van der Waals surface area contributed by atoms with Crippen molar-refractivity contribution in [2.45, 2.75) is 38.1 Å². The first-order chi connectivity index (χ1) is 13.7. The van der Waals surface area contributed by atoms with Crippen molar-refractivity contribution in [1.82, 2.24) is 9.80 Å². The summed E-state index contributed by atoms with van der Waals surface area (Å²) < 4.78 is 16.5. The van der Waals surface area contributed by atoms with Gasteiger partial charge in [0.25, 0.3) is 0 Å². The summed E-state index contributed by atoms with van der Waals surface area (Å²) in [6, 6.07) is 5.67. The Labute approximate surface area is 165 Å². The molecule has 0 aliphatic carbocycles. The van der Waals surface area contributed by atoms with Crippen molar-refractivity contribution in [2.75, 3.05) is 46.1 Å². The van der Waals surface area contributed by atoms with Gasteiger partial charge in [-0.2, -0.15) is 0 Å². The summed E-state index contributed by atoms with van der Waals surface area (Å²) in [5.41, 5.74) is 1.14. The van der Waals surface area contributed by atoms with E-state index in [0.29, 0.717) is 52.5 Å². The first-order valence-electron chi connectivity index (χ1n) is 10.3. The van der Waals surface area contributed by atoms with Gasteiger partial charge in [-0.1, -0.05) is 6.07 Å². The van der Waals surface area contributed by atoms with Crippen molar-refractivity contribution in [3.63, 3.8) is 0 Å². The number of aryl methyl sites for hydroxylation is 1. The van der Waals surface area contributed by atoms with Crippen molar-refractivity contribution < 1.29 is 23.8 Å². The molecule has 28 heavy (non-hydrogen) atoms. The zero-order valence-electron chi connectivity index (χ0n) is 16.2. The zero-order valence-corrected chi connectivity index (χ0v) is 16.2. The molecule has 3 heterocycles. The number of likely N-dealkylation sites (tertiary alicyclic amines) is 1. The molecule has 152 valence electrons. The summed E-state index contributed by atoms with van der Waals surface area (Å²) >= 11 is 0. The summed E-state index contributed by atoms with van der Waals surface area (Å²) in [5.74, 6) is 1.74. The second-order valence-corrected chi connectivity index (χ2v) is 7.51. The monoisotopic (exact) mass is 388 g/mol. The second-order valence-electron chi connectivity index (χ2n) is 7.51.